The summed E-state index contributed by atoms with van der Waals surface area (Å²) in [4.78, 5) is 21.8. The summed E-state index contributed by atoms with van der Waals surface area (Å²) in [5.74, 6) is -1.58. The SMILES string of the molecule is CCOc1cccc(NC2COCC2C(=O)O)c1[N+](=O)[O-]. The number of carboxylic acid groups (broad SMARTS) is 1. The van der Waals surface area contributed by atoms with Gasteiger partial charge < -0.3 is 19.9 Å². The van der Waals surface area contributed by atoms with Crippen molar-refractivity contribution in [1.29, 1.82) is 0 Å². The number of nitrogens with one attached hydrogen (secondary N) is 1. The largest absolute Gasteiger partial charge is 0.487 e. The van der Waals surface area contributed by atoms with Crippen LogP contribution in [0.25, 0.3) is 0 Å². The van der Waals surface area contributed by atoms with Crippen molar-refractivity contribution in [3.8, 4) is 5.75 Å². The summed E-state index contributed by atoms with van der Waals surface area (Å²) in [6.07, 6.45) is 0. The Morgan fingerprint density at radius 1 is 1.57 bits per heavy atom. The molecule has 1 aliphatic heterocycles. The van der Waals surface area contributed by atoms with Crippen molar-refractivity contribution < 1.29 is 24.3 Å². The molecular formula is C13H16N2O6. The molecule has 0 aliphatic carbocycles. The number of nitrogens with zero attached hydrogens (tertiary/aromatic N) is 1. The van der Waals surface area contributed by atoms with Crippen LogP contribution in [0.3, 0.4) is 0 Å². The highest BCUT2D eigenvalue weighted by molar-refractivity contribution is 5.74. The standard InChI is InChI=1S/C13H16N2O6/c1-2-21-11-5-3-4-9(12(11)15(18)19)14-10-7-20-6-8(10)13(16)17/h3-5,8,10,14H,2,6-7H2,1H3,(H,16,17). The summed E-state index contributed by atoms with van der Waals surface area (Å²) in [5, 5.41) is 23.2. The third kappa shape index (κ3) is 3.22. The first-order valence-corrected chi connectivity index (χ1v) is 6.51. The van der Waals surface area contributed by atoms with E-state index in [1.807, 2.05) is 0 Å². The van der Waals surface area contributed by atoms with Crippen LogP contribution in [0.15, 0.2) is 18.2 Å². The lowest BCUT2D eigenvalue weighted by Crippen LogP contribution is -2.33. The van der Waals surface area contributed by atoms with E-state index in [2.05, 4.69) is 5.32 Å². The Kier molecular flexibility index (Phi) is 4.59. The van der Waals surface area contributed by atoms with Crippen LogP contribution in [-0.4, -0.2) is 41.9 Å². The van der Waals surface area contributed by atoms with E-state index >= 15 is 0 Å². The lowest BCUT2D eigenvalue weighted by Gasteiger charge is -2.17. The van der Waals surface area contributed by atoms with Gasteiger partial charge in [-0.05, 0) is 19.1 Å². The fourth-order valence-electron chi connectivity index (χ4n) is 2.24. The van der Waals surface area contributed by atoms with Gasteiger partial charge in [-0.1, -0.05) is 6.07 Å². The average molecular weight is 296 g/mol. The first-order valence-electron chi connectivity index (χ1n) is 6.51. The van der Waals surface area contributed by atoms with E-state index in [-0.39, 0.29) is 30.3 Å². The maximum Gasteiger partial charge on any atom is 0.333 e. The number of para-hydroxylation sites is 1. The monoisotopic (exact) mass is 296 g/mol. The van der Waals surface area contributed by atoms with Crippen molar-refractivity contribution in [3.05, 3.63) is 28.3 Å². The van der Waals surface area contributed by atoms with Gasteiger partial charge in [0.1, 0.15) is 11.6 Å². The van der Waals surface area contributed by atoms with Crippen LogP contribution in [0.1, 0.15) is 6.92 Å². The van der Waals surface area contributed by atoms with Gasteiger partial charge in [0.2, 0.25) is 0 Å². The third-order valence-electron chi connectivity index (χ3n) is 3.22. The molecule has 1 aromatic carbocycles. The first kappa shape index (κ1) is 15.0. The van der Waals surface area contributed by atoms with Crippen LogP contribution in [-0.2, 0) is 9.53 Å². The van der Waals surface area contributed by atoms with Crippen LogP contribution in [0.5, 0.6) is 5.75 Å². The Morgan fingerprint density at radius 2 is 2.33 bits per heavy atom. The summed E-state index contributed by atoms with van der Waals surface area (Å²) in [6.45, 7) is 2.31. The van der Waals surface area contributed by atoms with Gasteiger partial charge >= 0.3 is 11.7 Å². The van der Waals surface area contributed by atoms with Crippen molar-refractivity contribution in [1.82, 2.24) is 0 Å². The molecule has 1 aliphatic rings. The van der Waals surface area contributed by atoms with Gasteiger partial charge in [-0.25, -0.2) is 0 Å². The molecule has 1 saturated heterocycles. The molecule has 2 rings (SSSR count). The predicted molar refractivity (Wildman–Crippen MR) is 73.6 cm³/mol. The molecule has 0 radical (unpaired) electrons. The first-order chi connectivity index (χ1) is 10.0. The molecule has 2 unspecified atom stereocenters. The van der Waals surface area contributed by atoms with Gasteiger partial charge in [-0.15, -0.1) is 0 Å². The second-order valence-electron chi connectivity index (χ2n) is 4.58. The van der Waals surface area contributed by atoms with Gasteiger partial charge in [-0.2, -0.15) is 0 Å². The number of hydrogen-bond acceptors (Lipinski definition) is 6. The van der Waals surface area contributed by atoms with Crippen LogP contribution in [0.2, 0.25) is 0 Å². The molecule has 0 bridgehead atoms. The zero-order valence-electron chi connectivity index (χ0n) is 11.4. The topological polar surface area (TPSA) is 111 Å². The number of carbonyl (C=O) groups is 1. The van der Waals surface area contributed by atoms with Gasteiger partial charge in [0, 0.05) is 0 Å². The average Bonchev–Trinajstić information content (AvgIpc) is 2.87. The number of ether oxygens (including phenoxy) is 2. The second kappa shape index (κ2) is 6.40. The number of benzene rings is 1. The maximum absolute atomic E-state index is 11.2. The lowest BCUT2D eigenvalue weighted by molar-refractivity contribution is -0.385. The number of nitro benzene ring substituents is 1. The lowest BCUT2D eigenvalue weighted by atomic mass is 10.0. The molecule has 0 saturated carbocycles. The highest BCUT2D eigenvalue weighted by atomic mass is 16.6. The number of carboxylic acids is 1. The molecule has 2 N–H and O–H groups in total. The molecule has 2 atom stereocenters. The molecule has 0 aromatic heterocycles. The maximum atomic E-state index is 11.2. The molecule has 0 amide bonds. The summed E-state index contributed by atoms with van der Waals surface area (Å²) < 4.78 is 10.4. The van der Waals surface area contributed by atoms with Gasteiger partial charge in [-0.3, -0.25) is 14.9 Å². The van der Waals surface area contributed by atoms with E-state index in [1.165, 1.54) is 12.1 Å². The second-order valence-corrected chi connectivity index (χ2v) is 4.58. The van der Waals surface area contributed by atoms with E-state index < -0.39 is 22.9 Å². The quantitative estimate of drug-likeness (QED) is 0.604. The van der Waals surface area contributed by atoms with Crippen molar-refractivity contribution in [2.45, 2.75) is 13.0 Å². The Balaban J connectivity index is 2.29. The number of hydrogen-bond donors (Lipinski definition) is 2. The minimum absolute atomic E-state index is 0.0892. The van der Waals surface area contributed by atoms with Crippen molar-refractivity contribution >= 4 is 17.3 Å². The third-order valence-corrected chi connectivity index (χ3v) is 3.22. The van der Waals surface area contributed by atoms with Gasteiger partial charge in [0.15, 0.2) is 5.75 Å². The normalized spacial score (nSPS) is 21.0. The zero-order valence-corrected chi connectivity index (χ0v) is 11.4. The number of anilines is 1. The van der Waals surface area contributed by atoms with Crippen molar-refractivity contribution in [3.63, 3.8) is 0 Å². The minimum atomic E-state index is -0.992. The van der Waals surface area contributed by atoms with Gasteiger partial charge in [0.25, 0.3) is 0 Å². The zero-order chi connectivity index (χ0) is 15.4. The van der Waals surface area contributed by atoms with E-state index in [4.69, 9.17) is 14.6 Å². The summed E-state index contributed by atoms with van der Waals surface area (Å²) in [5.41, 5.74) is 0.0306. The molecule has 21 heavy (non-hydrogen) atoms. The van der Waals surface area contributed by atoms with E-state index in [0.29, 0.717) is 6.61 Å². The van der Waals surface area contributed by atoms with Gasteiger partial charge in [0.05, 0.1) is 30.8 Å². The fraction of sp³-hybridized carbons (Fsp3) is 0.462. The van der Waals surface area contributed by atoms with Crippen molar-refractivity contribution in [2.75, 3.05) is 25.1 Å². The Hall–Kier alpha value is -2.35. The van der Waals surface area contributed by atoms with E-state index in [1.54, 1.807) is 13.0 Å². The Bertz CT molecular complexity index is 547. The molecule has 8 nitrogen and oxygen atoms in total. The number of rotatable bonds is 6. The Morgan fingerprint density at radius 3 is 2.95 bits per heavy atom. The van der Waals surface area contributed by atoms with E-state index in [9.17, 15) is 14.9 Å². The molecular weight excluding hydrogens is 280 g/mol. The molecule has 8 heteroatoms. The van der Waals surface area contributed by atoms with Crippen LogP contribution < -0.4 is 10.1 Å². The highest BCUT2D eigenvalue weighted by Gasteiger charge is 2.35. The van der Waals surface area contributed by atoms with E-state index in [0.717, 1.165) is 0 Å². The Labute approximate surface area is 120 Å². The summed E-state index contributed by atoms with van der Waals surface area (Å²) in [7, 11) is 0. The summed E-state index contributed by atoms with van der Waals surface area (Å²) >= 11 is 0. The van der Waals surface area contributed by atoms with Crippen LogP contribution in [0, 0.1) is 16.0 Å². The molecule has 1 fully saturated rings. The number of nitro groups is 1. The smallest absolute Gasteiger partial charge is 0.333 e. The minimum Gasteiger partial charge on any atom is -0.487 e. The van der Waals surface area contributed by atoms with Crippen molar-refractivity contribution in [2.24, 2.45) is 5.92 Å². The molecule has 1 aromatic rings. The van der Waals surface area contributed by atoms with Crippen LogP contribution in [0.4, 0.5) is 11.4 Å². The highest BCUT2D eigenvalue weighted by Crippen LogP contribution is 2.36. The fourth-order valence-corrected chi connectivity index (χ4v) is 2.24. The summed E-state index contributed by atoms with van der Waals surface area (Å²) in [6, 6.07) is 4.13. The van der Waals surface area contributed by atoms with Crippen LogP contribution >= 0.6 is 0 Å². The molecule has 0 spiro atoms. The molecule has 1 heterocycles. The molecule has 114 valence electrons. The number of aliphatic carboxylic acids is 1. The predicted octanol–water partition coefficient (Wildman–Crippen LogP) is 1.50.